The Kier molecular flexibility index (Phi) is 11.0. The van der Waals surface area contributed by atoms with Crippen LogP contribution in [0.1, 0.15) is 63.1 Å². The fourth-order valence-electron chi connectivity index (χ4n) is 5.04. The van der Waals surface area contributed by atoms with Crippen LogP contribution in [0.5, 0.6) is 17.2 Å². The first-order valence-corrected chi connectivity index (χ1v) is 13.6. The maximum absolute atomic E-state index is 13.3. The van der Waals surface area contributed by atoms with Gasteiger partial charge in [-0.25, -0.2) is 0 Å². The molecule has 4 N–H and O–H groups in total. The van der Waals surface area contributed by atoms with E-state index in [0.29, 0.717) is 60.7 Å². The van der Waals surface area contributed by atoms with E-state index in [1.807, 2.05) is 12.1 Å². The van der Waals surface area contributed by atoms with Crippen molar-refractivity contribution in [2.75, 3.05) is 33.2 Å². The van der Waals surface area contributed by atoms with Crippen LogP contribution in [0.25, 0.3) is 11.1 Å². The Morgan fingerprint density at radius 2 is 1.76 bits per heavy atom. The monoisotopic (exact) mass is 569 g/mol. The van der Waals surface area contributed by atoms with E-state index < -0.39 is 12.0 Å². The molecule has 1 aliphatic rings. The summed E-state index contributed by atoms with van der Waals surface area (Å²) in [5.41, 5.74) is 3.36. The summed E-state index contributed by atoms with van der Waals surface area (Å²) in [6, 6.07) is 5.76. The van der Waals surface area contributed by atoms with Crippen LogP contribution in [0.15, 0.2) is 29.1 Å². The zero-order chi connectivity index (χ0) is 30.1. The maximum Gasteiger partial charge on any atom is 0.325 e. The third-order valence-electron chi connectivity index (χ3n) is 7.06. The summed E-state index contributed by atoms with van der Waals surface area (Å²) in [6.07, 6.45) is 3.45. The number of nitrogens with one attached hydrogen (secondary N) is 3. The highest BCUT2D eigenvalue weighted by atomic mass is 16.5. The number of rotatable bonds is 13. The highest BCUT2D eigenvalue weighted by Crippen LogP contribution is 2.50. The predicted octanol–water partition coefficient (Wildman–Crippen LogP) is 3.42. The van der Waals surface area contributed by atoms with E-state index in [-0.39, 0.29) is 29.7 Å². The molecule has 222 valence electrons. The van der Waals surface area contributed by atoms with Gasteiger partial charge in [0, 0.05) is 25.5 Å². The summed E-state index contributed by atoms with van der Waals surface area (Å²) in [5.74, 6) is -0.114. The number of fused-ring (bicyclic) bond motifs is 3. The average Bonchev–Trinajstić information content (AvgIpc) is 3.17. The predicted molar refractivity (Wildman–Crippen MR) is 155 cm³/mol. The molecule has 1 aliphatic carbocycles. The Morgan fingerprint density at radius 1 is 1.02 bits per heavy atom. The highest BCUT2D eigenvalue weighted by Gasteiger charge is 2.29. The van der Waals surface area contributed by atoms with Crippen molar-refractivity contribution in [1.82, 2.24) is 10.6 Å². The number of ether oxygens (including phenoxy) is 3. The first-order chi connectivity index (χ1) is 19.6. The number of carbonyl (C=O) groups is 3. The molecular formula is C30H39N3O8. The van der Waals surface area contributed by atoms with Gasteiger partial charge in [0.25, 0.3) is 0 Å². The molecule has 0 unspecified atom stereocenters. The molecule has 11 heteroatoms. The number of aliphatic carboxylic acids is 1. The van der Waals surface area contributed by atoms with Crippen LogP contribution < -0.4 is 35.6 Å². The summed E-state index contributed by atoms with van der Waals surface area (Å²) in [6.45, 7) is 3.39. The Bertz CT molecular complexity index is 1340. The standard InChI is InChI=1S/C30H39N3O8/c1-17(30(37)38)32-26(36)9-7-6-8-14-31-23-13-11-20-21(16-24(23)35)22(33-18(2)34)12-10-19-15-25(39-3)28(40-4)29(41-5)27(19)20/h11,13,15-17,22H,6-10,12,14H2,1-5H3,(H,31,35)(H,32,36)(H,33,34)(H,37,38)/t17-,22-/m1/s1. The van der Waals surface area contributed by atoms with Gasteiger partial charge < -0.3 is 35.3 Å². The van der Waals surface area contributed by atoms with E-state index in [1.165, 1.54) is 21.0 Å². The van der Waals surface area contributed by atoms with Crippen molar-refractivity contribution in [2.45, 2.75) is 64.5 Å². The van der Waals surface area contributed by atoms with E-state index in [0.717, 1.165) is 23.1 Å². The van der Waals surface area contributed by atoms with Gasteiger partial charge in [-0.3, -0.25) is 19.2 Å². The molecule has 0 spiro atoms. The highest BCUT2D eigenvalue weighted by molar-refractivity contribution is 5.84. The van der Waals surface area contributed by atoms with Crippen LogP contribution in [-0.2, 0) is 20.8 Å². The Balaban J connectivity index is 1.86. The van der Waals surface area contributed by atoms with Crippen LogP contribution >= 0.6 is 0 Å². The van der Waals surface area contributed by atoms with Crippen molar-refractivity contribution in [2.24, 2.45) is 0 Å². The maximum atomic E-state index is 13.3. The van der Waals surface area contributed by atoms with Gasteiger partial charge in [-0.05, 0) is 67.5 Å². The largest absolute Gasteiger partial charge is 0.493 e. The summed E-state index contributed by atoms with van der Waals surface area (Å²) in [5, 5.41) is 17.5. The molecule has 0 saturated heterocycles. The number of amides is 2. The smallest absolute Gasteiger partial charge is 0.325 e. The van der Waals surface area contributed by atoms with E-state index in [1.54, 1.807) is 26.4 Å². The van der Waals surface area contributed by atoms with E-state index in [2.05, 4.69) is 16.0 Å². The number of methoxy groups -OCH3 is 3. The fraction of sp³-hybridized carbons (Fsp3) is 0.467. The number of carboxylic acids is 1. The van der Waals surface area contributed by atoms with E-state index in [9.17, 15) is 19.2 Å². The number of hydrogen-bond donors (Lipinski definition) is 4. The van der Waals surface area contributed by atoms with E-state index >= 15 is 0 Å². The second-order valence-electron chi connectivity index (χ2n) is 9.96. The third-order valence-corrected chi connectivity index (χ3v) is 7.06. The zero-order valence-electron chi connectivity index (χ0n) is 24.2. The molecular weight excluding hydrogens is 530 g/mol. The number of carboxylic acid groups (broad SMARTS) is 1. The van der Waals surface area contributed by atoms with Crippen molar-refractivity contribution < 1.29 is 33.7 Å². The summed E-state index contributed by atoms with van der Waals surface area (Å²) < 4.78 is 17.0. The normalized spacial score (nSPS) is 14.4. The van der Waals surface area contributed by atoms with Crippen LogP contribution in [0, 0.1) is 0 Å². The fourth-order valence-corrected chi connectivity index (χ4v) is 5.04. The van der Waals surface area contributed by atoms with Gasteiger partial charge in [-0.2, -0.15) is 0 Å². The quantitative estimate of drug-likeness (QED) is 0.266. The minimum absolute atomic E-state index is 0.197. The molecule has 0 heterocycles. The molecule has 11 nitrogen and oxygen atoms in total. The van der Waals surface area contributed by atoms with Gasteiger partial charge in [0.05, 0.1) is 33.1 Å². The zero-order valence-corrected chi connectivity index (χ0v) is 24.2. The minimum Gasteiger partial charge on any atom is -0.493 e. The second-order valence-corrected chi connectivity index (χ2v) is 9.96. The minimum atomic E-state index is -1.08. The lowest BCUT2D eigenvalue weighted by molar-refractivity contribution is -0.141. The molecule has 0 aliphatic heterocycles. The lowest BCUT2D eigenvalue weighted by atomic mass is 9.95. The number of benzene rings is 1. The molecule has 2 atom stereocenters. The summed E-state index contributed by atoms with van der Waals surface area (Å²) in [4.78, 5) is 48.2. The molecule has 3 rings (SSSR count). The van der Waals surface area contributed by atoms with Gasteiger partial charge in [0.1, 0.15) is 6.04 Å². The van der Waals surface area contributed by atoms with Gasteiger partial charge in [-0.15, -0.1) is 0 Å². The second kappa shape index (κ2) is 14.4. The van der Waals surface area contributed by atoms with Crippen LogP contribution in [0.3, 0.4) is 0 Å². The SMILES string of the molecule is COc1cc2c(c(OC)c1OC)-c1ccc(NCCCCCC(=O)N[C@H](C)C(=O)O)c(=O)cc1[C@H](NC(C)=O)CC2. The van der Waals surface area contributed by atoms with Crippen molar-refractivity contribution in [1.29, 1.82) is 0 Å². The Morgan fingerprint density at radius 3 is 2.39 bits per heavy atom. The lowest BCUT2D eigenvalue weighted by Crippen LogP contribution is -2.38. The number of hydrogen-bond acceptors (Lipinski definition) is 8. The molecule has 41 heavy (non-hydrogen) atoms. The molecule has 0 radical (unpaired) electrons. The van der Waals surface area contributed by atoms with Crippen molar-refractivity contribution in [3.63, 3.8) is 0 Å². The first-order valence-electron chi connectivity index (χ1n) is 13.6. The Labute approximate surface area is 239 Å². The van der Waals surface area contributed by atoms with Crippen molar-refractivity contribution >= 4 is 23.5 Å². The van der Waals surface area contributed by atoms with Crippen LogP contribution in [0.4, 0.5) is 5.69 Å². The van der Waals surface area contributed by atoms with Crippen LogP contribution in [-0.4, -0.2) is 56.8 Å². The van der Waals surface area contributed by atoms with Gasteiger partial charge >= 0.3 is 5.97 Å². The van der Waals surface area contributed by atoms with Crippen LogP contribution in [0.2, 0.25) is 0 Å². The lowest BCUT2D eigenvalue weighted by Gasteiger charge is -2.19. The molecule has 0 fully saturated rings. The Hall–Kier alpha value is -4.28. The third kappa shape index (κ3) is 7.68. The summed E-state index contributed by atoms with van der Waals surface area (Å²) >= 11 is 0. The first kappa shape index (κ1) is 31.3. The number of carbonyl (C=O) groups excluding carboxylic acids is 2. The molecule has 0 aromatic heterocycles. The molecule has 0 saturated carbocycles. The summed E-state index contributed by atoms with van der Waals surface area (Å²) in [7, 11) is 4.65. The van der Waals surface area contributed by atoms with Crippen molar-refractivity contribution in [3.8, 4) is 28.4 Å². The van der Waals surface area contributed by atoms with E-state index in [4.69, 9.17) is 19.3 Å². The molecule has 2 aromatic rings. The van der Waals surface area contributed by atoms with Gasteiger partial charge in [-0.1, -0.05) is 12.5 Å². The molecule has 2 aromatic carbocycles. The number of anilines is 1. The van der Waals surface area contributed by atoms with Gasteiger partial charge in [0.2, 0.25) is 23.0 Å². The van der Waals surface area contributed by atoms with Crippen molar-refractivity contribution in [3.05, 3.63) is 45.6 Å². The van der Waals surface area contributed by atoms with Gasteiger partial charge in [0.15, 0.2) is 11.5 Å². The topological polar surface area (TPSA) is 152 Å². The molecule has 0 bridgehead atoms. The number of unbranched alkanes of at least 4 members (excludes halogenated alkanes) is 2. The molecule has 2 amide bonds. The number of aryl methyl sites for hydroxylation is 1. The average molecular weight is 570 g/mol.